The molecule has 1 fully saturated rings. The van der Waals surface area contributed by atoms with Crippen LogP contribution in [0.15, 0.2) is 12.4 Å². The maximum atomic E-state index is 4.33. The fourth-order valence-corrected chi connectivity index (χ4v) is 3.06. The zero-order valence-corrected chi connectivity index (χ0v) is 11.9. The van der Waals surface area contributed by atoms with Crippen LogP contribution < -0.4 is 5.32 Å². The van der Waals surface area contributed by atoms with Gasteiger partial charge in [0.15, 0.2) is 0 Å². The summed E-state index contributed by atoms with van der Waals surface area (Å²) in [6.07, 6.45) is 8.03. The minimum atomic E-state index is 0.525. The first-order valence-electron chi connectivity index (χ1n) is 7.12. The van der Waals surface area contributed by atoms with E-state index in [2.05, 4.69) is 35.5 Å². The van der Waals surface area contributed by atoms with Crippen LogP contribution in [-0.2, 0) is 7.05 Å². The van der Waals surface area contributed by atoms with Crippen LogP contribution in [-0.4, -0.2) is 41.4 Å². The monoisotopic (exact) mass is 250 g/mol. The van der Waals surface area contributed by atoms with Gasteiger partial charge in [0.25, 0.3) is 0 Å². The molecule has 102 valence electrons. The van der Waals surface area contributed by atoms with E-state index >= 15 is 0 Å². The van der Waals surface area contributed by atoms with Crippen molar-refractivity contribution in [1.29, 1.82) is 0 Å². The molecule has 1 N–H and O–H groups in total. The molecule has 1 aliphatic heterocycles. The summed E-state index contributed by atoms with van der Waals surface area (Å²) in [4.78, 5) is 2.48. The molecule has 0 saturated carbocycles. The van der Waals surface area contributed by atoms with E-state index in [1.165, 1.54) is 31.4 Å². The van der Waals surface area contributed by atoms with Gasteiger partial charge in [-0.3, -0.25) is 9.58 Å². The molecule has 0 aromatic carbocycles. The molecule has 2 unspecified atom stereocenters. The van der Waals surface area contributed by atoms with Crippen LogP contribution >= 0.6 is 0 Å². The molecule has 0 aliphatic carbocycles. The highest BCUT2D eigenvalue weighted by Gasteiger charge is 2.30. The molecule has 1 aromatic rings. The number of piperidine rings is 1. The average Bonchev–Trinajstić information content (AvgIpc) is 2.76. The largest absolute Gasteiger partial charge is 0.316 e. The van der Waals surface area contributed by atoms with Gasteiger partial charge >= 0.3 is 0 Å². The van der Waals surface area contributed by atoms with Gasteiger partial charge in [-0.05, 0) is 51.9 Å². The maximum absolute atomic E-state index is 4.33. The Morgan fingerprint density at radius 1 is 1.44 bits per heavy atom. The second-order valence-corrected chi connectivity index (χ2v) is 5.48. The van der Waals surface area contributed by atoms with Crippen LogP contribution in [0.4, 0.5) is 0 Å². The third kappa shape index (κ3) is 3.12. The fraction of sp³-hybridized carbons (Fsp3) is 0.786. The summed E-state index contributed by atoms with van der Waals surface area (Å²) in [6, 6.07) is 0.525. The van der Waals surface area contributed by atoms with E-state index in [0.717, 1.165) is 13.1 Å². The van der Waals surface area contributed by atoms with E-state index in [4.69, 9.17) is 0 Å². The smallest absolute Gasteiger partial charge is 0.0537 e. The van der Waals surface area contributed by atoms with Crippen LogP contribution in [0, 0.1) is 5.92 Å². The summed E-state index contributed by atoms with van der Waals surface area (Å²) in [5.74, 6) is 0.708. The molecular formula is C14H26N4. The van der Waals surface area contributed by atoms with Gasteiger partial charge < -0.3 is 5.32 Å². The Labute approximate surface area is 110 Å². The minimum absolute atomic E-state index is 0.525. The molecule has 0 spiro atoms. The lowest BCUT2D eigenvalue weighted by atomic mass is 9.86. The molecule has 2 heterocycles. The number of nitrogens with one attached hydrogen (secondary N) is 1. The summed E-state index contributed by atoms with van der Waals surface area (Å²) in [5.41, 5.74) is 1.36. The molecule has 4 nitrogen and oxygen atoms in total. The van der Waals surface area contributed by atoms with Gasteiger partial charge in [0, 0.05) is 24.8 Å². The average molecular weight is 250 g/mol. The van der Waals surface area contributed by atoms with Crippen LogP contribution in [0.3, 0.4) is 0 Å². The molecule has 4 heteroatoms. The van der Waals surface area contributed by atoms with Crippen LogP contribution in [0.5, 0.6) is 0 Å². The van der Waals surface area contributed by atoms with Gasteiger partial charge in [-0.2, -0.15) is 5.10 Å². The standard InChI is InChI=1S/C14H26N4/c1-4-7-15-9-12-6-5-8-17(2)14(12)13-10-16-18(3)11-13/h10-12,14-15H,4-9H2,1-3H3. The molecule has 2 rings (SSSR count). The molecule has 0 radical (unpaired) electrons. The zero-order chi connectivity index (χ0) is 13.0. The van der Waals surface area contributed by atoms with Gasteiger partial charge in [0.05, 0.1) is 6.20 Å². The number of rotatable bonds is 5. The van der Waals surface area contributed by atoms with Crippen molar-refractivity contribution in [2.24, 2.45) is 13.0 Å². The van der Waals surface area contributed by atoms with Crippen molar-refractivity contribution in [1.82, 2.24) is 20.0 Å². The van der Waals surface area contributed by atoms with Crippen molar-refractivity contribution in [2.45, 2.75) is 32.2 Å². The van der Waals surface area contributed by atoms with Gasteiger partial charge in [0.2, 0.25) is 0 Å². The Balaban J connectivity index is 2.05. The predicted octanol–water partition coefficient (Wildman–Crippen LogP) is 1.80. The number of hydrogen-bond acceptors (Lipinski definition) is 3. The van der Waals surface area contributed by atoms with Crippen molar-refractivity contribution < 1.29 is 0 Å². The Bertz CT molecular complexity index is 360. The first kappa shape index (κ1) is 13.6. The zero-order valence-electron chi connectivity index (χ0n) is 11.9. The van der Waals surface area contributed by atoms with Crippen LogP contribution in [0.1, 0.15) is 37.8 Å². The van der Waals surface area contributed by atoms with Crippen molar-refractivity contribution in [2.75, 3.05) is 26.7 Å². The summed E-state index contributed by atoms with van der Waals surface area (Å²) >= 11 is 0. The summed E-state index contributed by atoms with van der Waals surface area (Å²) in [5, 5.41) is 7.90. The van der Waals surface area contributed by atoms with Gasteiger partial charge in [-0.15, -0.1) is 0 Å². The first-order chi connectivity index (χ1) is 8.72. The van der Waals surface area contributed by atoms with E-state index in [0.29, 0.717) is 12.0 Å². The normalized spacial score (nSPS) is 25.5. The Morgan fingerprint density at radius 3 is 2.94 bits per heavy atom. The molecule has 18 heavy (non-hydrogen) atoms. The number of nitrogens with zero attached hydrogens (tertiary/aromatic N) is 3. The minimum Gasteiger partial charge on any atom is -0.316 e. The van der Waals surface area contributed by atoms with Crippen molar-refractivity contribution in [3.63, 3.8) is 0 Å². The summed E-state index contributed by atoms with van der Waals surface area (Å²) < 4.78 is 1.91. The lowest BCUT2D eigenvalue weighted by molar-refractivity contribution is 0.119. The number of aromatic nitrogens is 2. The molecule has 1 aromatic heterocycles. The van der Waals surface area contributed by atoms with Crippen molar-refractivity contribution >= 4 is 0 Å². The summed E-state index contributed by atoms with van der Waals surface area (Å²) in [7, 11) is 4.24. The van der Waals surface area contributed by atoms with E-state index in [9.17, 15) is 0 Å². The molecule has 2 atom stereocenters. The Hall–Kier alpha value is -0.870. The van der Waals surface area contributed by atoms with E-state index < -0.39 is 0 Å². The maximum Gasteiger partial charge on any atom is 0.0537 e. The lowest BCUT2D eigenvalue weighted by Crippen LogP contribution is -2.40. The highest BCUT2D eigenvalue weighted by Crippen LogP contribution is 2.34. The quantitative estimate of drug-likeness (QED) is 0.809. The highest BCUT2D eigenvalue weighted by atomic mass is 15.2. The van der Waals surface area contributed by atoms with Crippen molar-refractivity contribution in [3.8, 4) is 0 Å². The molecule has 1 aliphatic rings. The van der Waals surface area contributed by atoms with Gasteiger partial charge in [-0.1, -0.05) is 6.92 Å². The van der Waals surface area contributed by atoms with E-state index in [-0.39, 0.29) is 0 Å². The molecular weight excluding hydrogens is 224 g/mol. The van der Waals surface area contributed by atoms with Crippen LogP contribution in [0.25, 0.3) is 0 Å². The summed E-state index contributed by atoms with van der Waals surface area (Å²) in [6.45, 7) is 5.67. The lowest BCUT2D eigenvalue weighted by Gasteiger charge is -2.39. The topological polar surface area (TPSA) is 33.1 Å². The highest BCUT2D eigenvalue weighted by molar-refractivity contribution is 5.13. The third-order valence-corrected chi connectivity index (χ3v) is 3.91. The first-order valence-corrected chi connectivity index (χ1v) is 7.12. The molecule has 1 saturated heterocycles. The SMILES string of the molecule is CCCNCC1CCCN(C)C1c1cnn(C)c1. The van der Waals surface area contributed by atoms with E-state index in [1.807, 2.05) is 17.9 Å². The molecule has 0 bridgehead atoms. The second-order valence-electron chi connectivity index (χ2n) is 5.48. The van der Waals surface area contributed by atoms with E-state index in [1.54, 1.807) is 0 Å². The van der Waals surface area contributed by atoms with Gasteiger partial charge in [0.1, 0.15) is 0 Å². The van der Waals surface area contributed by atoms with Crippen LogP contribution in [0.2, 0.25) is 0 Å². The fourth-order valence-electron chi connectivity index (χ4n) is 3.06. The number of aryl methyl sites for hydroxylation is 1. The number of likely N-dealkylation sites (tertiary alicyclic amines) is 1. The Morgan fingerprint density at radius 2 is 2.28 bits per heavy atom. The van der Waals surface area contributed by atoms with Crippen molar-refractivity contribution in [3.05, 3.63) is 18.0 Å². The molecule has 0 amide bonds. The predicted molar refractivity (Wildman–Crippen MR) is 74.5 cm³/mol. The second kappa shape index (κ2) is 6.34. The van der Waals surface area contributed by atoms with Gasteiger partial charge in [-0.25, -0.2) is 0 Å². The third-order valence-electron chi connectivity index (χ3n) is 3.91. The Kier molecular flexibility index (Phi) is 4.78. The number of hydrogen-bond donors (Lipinski definition) is 1.